The average Bonchev–Trinajstić information content (AvgIpc) is 3.13. The van der Waals surface area contributed by atoms with Gasteiger partial charge >= 0.3 is 0 Å². The van der Waals surface area contributed by atoms with Gasteiger partial charge in [0.1, 0.15) is 6.29 Å². The number of hydrogen-bond donors (Lipinski definition) is 1. The largest absolute Gasteiger partial charge is 0.356 e. The second-order valence-corrected chi connectivity index (χ2v) is 9.11. The lowest BCUT2D eigenvalue weighted by molar-refractivity contribution is -0.204. The van der Waals surface area contributed by atoms with Crippen LogP contribution < -0.4 is 5.32 Å². The number of rotatable bonds is 12. The average molecular weight is 452 g/mol. The zero-order valence-corrected chi connectivity index (χ0v) is 19.5. The number of amides is 1. The summed E-state index contributed by atoms with van der Waals surface area (Å²) < 4.78 is 24.2. The van der Waals surface area contributed by atoms with Gasteiger partial charge in [0, 0.05) is 44.4 Å². The van der Waals surface area contributed by atoms with Gasteiger partial charge in [0.25, 0.3) is 0 Å². The van der Waals surface area contributed by atoms with Crippen LogP contribution in [-0.2, 0) is 28.5 Å². The molecule has 1 amide bonds. The van der Waals surface area contributed by atoms with Crippen molar-refractivity contribution in [3.63, 3.8) is 0 Å². The molecule has 7 nitrogen and oxygen atoms in total. The Morgan fingerprint density at radius 2 is 1.69 bits per heavy atom. The zero-order chi connectivity index (χ0) is 22.6. The van der Waals surface area contributed by atoms with E-state index in [9.17, 15) is 9.59 Å². The number of hydrogen-bond acceptors (Lipinski definition) is 6. The number of unbranched alkanes of at least 4 members (excludes halogenated alkanes) is 1. The first-order chi connectivity index (χ1) is 15.7. The van der Waals surface area contributed by atoms with Crippen LogP contribution in [0.15, 0.2) is 12.2 Å². The standard InChI is InChI=1S/C25H41NO6/c1-2-26-23(28)12-6-4-3-5-11-19-20(18-27)22(32-25-14-8-10-16-30-25)17-21(19)31-24-13-7-9-15-29-24/h3,5,18-22,24-25H,2,4,6-17H2,1H3,(H,26,28)/b5-3-/t19-,20-,21+,22-,24?,25?/m1/s1. The second kappa shape index (κ2) is 14.1. The molecular formula is C25H41NO6. The van der Waals surface area contributed by atoms with E-state index < -0.39 is 0 Å². The van der Waals surface area contributed by atoms with Crippen LogP contribution in [0, 0.1) is 11.8 Å². The van der Waals surface area contributed by atoms with Crippen molar-refractivity contribution in [1.82, 2.24) is 5.32 Å². The van der Waals surface area contributed by atoms with Gasteiger partial charge < -0.3 is 29.1 Å². The van der Waals surface area contributed by atoms with Gasteiger partial charge in [-0.3, -0.25) is 4.79 Å². The third-order valence-corrected chi connectivity index (χ3v) is 6.68. The number of allylic oxidation sites excluding steroid dienone is 2. The molecule has 2 heterocycles. The topological polar surface area (TPSA) is 83.1 Å². The van der Waals surface area contributed by atoms with Gasteiger partial charge in [-0.1, -0.05) is 12.2 Å². The van der Waals surface area contributed by atoms with E-state index in [2.05, 4.69) is 17.5 Å². The van der Waals surface area contributed by atoms with Gasteiger partial charge in [0.2, 0.25) is 5.91 Å². The molecule has 32 heavy (non-hydrogen) atoms. The molecule has 0 spiro atoms. The van der Waals surface area contributed by atoms with Gasteiger partial charge in [0.05, 0.1) is 12.2 Å². The molecule has 1 saturated carbocycles. The first-order valence-corrected chi connectivity index (χ1v) is 12.6. The van der Waals surface area contributed by atoms with Gasteiger partial charge in [-0.15, -0.1) is 0 Å². The SMILES string of the molecule is CCNC(=O)CCC/C=C\C[C@@H]1[C@@H](C=O)[C@H](OC2CCCCO2)C[C@@H]1OC1CCCCO1. The fraction of sp³-hybridized carbons (Fsp3) is 0.840. The molecule has 2 unspecified atom stereocenters. The van der Waals surface area contributed by atoms with Crippen molar-refractivity contribution in [2.75, 3.05) is 19.8 Å². The minimum Gasteiger partial charge on any atom is -0.356 e. The molecule has 1 N–H and O–H groups in total. The van der Waals surface area contributed by atoms with Gasteiger partial charge in [0.15, 0.2) is 12.6 Å². The molecule has 3 aliphatic rings. The Bertz CT molecular complexity index is 585. The summed E-state index contributed by atoms with van der Waals surface area (Å²) in [6.07, 6.45) is 14.5. The summed E-state index contributed by atoms with van der Waals surface area (Å²) in [7, 11) is 0. The predicted octanol–water partition coefficient (Wildman–Crippen LogP) is 3.90. The monoisotopic (exact) mass is 451 g/mol. The molecule has 0 bridgehead atoms. The summed E-state index contributed by atoms with van der Waals surface area (Å²) in [5, 5.41) is 2.82. The predicted molar refractivity (Wildman–Crippen MR) is 121 cm³/mol. The minimum atomic E-state index is -0.216. The van der Waals surface area contributed by atoms with Crippen molar-refractivity contribution in [3.05, 3.63) is 12.2 Å². The minimum absolute atomic E-state index is 0.0613. The quantitative estimate of drug-likeness (QED) is 0.275. The van der Waals surface area contributed by atoms with Gasteiger partial charge in [-0.2, -0.15) is 0 Å². The Morgan fingerprint density at radius 1 is 1.00 bits per heavy atom. The Hall–Kier alpha value is -1.28. The van der Waals surface area contributed by atoms with E-state index in [4.69, 9.17) is 18.9 Å². The maximum atomic E-state index is 12.1. The maximum Gasteiger partial charge on any atom is 0.219 e. The highest BCUT2D eigenvalue weighted by atomic mass is 16.7. The Labute approximate surface area is 192 Å². The lowest BCUT2D eigenvalue weighted by Crippen LogP contribution is -2.32. The van der Waals surface area contributed by atoms with E-state index in [-0.39, 0.29) is 42.5 Å². The molecule has 2 saturated heterocycles. The normalized spacial score (nSPS) is 33.4. The highest BCUT2D eigenvalue weighted by Gasteiger charge is 2.46. The lowest BCUT2D eigenvalue weighted by Gasteiger charge is -2.29. The first kappa shape index (κ1) is 25.3. The molecule has 1 aliphatic carbocycles. The molecule has 2 aliphatic heterocycles. The Kier molecular flexibility index (Phi) is 11.2. The summed E-state index contributed by atoms with van der Waals surface area (Å²) in [6.45, 7) is 4.06. The van der Waals surface area contributed by atoms with Crippen LogP contribution in [0.4, 0.5) is 0 Å². The Balaban J connectivity index is 1.55. The van der Waals surface area contributed by atoms with Crippen LogP contribution in [0.1, 0.15) is 77.6 Å². The van der Waals surface area contributed by atoms with Crippen molar-refractivity contribution in [2.24, 2.45) is 11.8 Å². The maximum absolute atomic E-state index is 12.1. The second-order valence-electron chi connectivity index (χ2n) is 9.11. The molecule has 0 aromatic carbocycles. The molecule has 0 aromatic heterocycles. The van der Waals surface area contributed by atoms with Crippen LogP contribution in [-0.4, -0.2) is 56.7 Å². The van der Waals surface area contributed by atoms with E-state index >= 15 is 0 Å². The highest BCUT2D eigenvalue weighted by Crippen LogP contribution is 2.40. The van der Waals surface area contributed by atoms with E-state index in [0.717, 1.165) is 77.3 Å². The molecule has 0 radical (unpaired) electrons. The van der Waals surface area contributed by atoms with Crippen molar-refractivity contribution >= 4 is 12.2 Å². The first-order valence-electron chi connectivity index (χ1n) is 12.6. The molecule has 3 fully saturated rings. The van der Waals surface area contributed by atoms with Crippen LogP contribution in [0.25, 0.3) is 0 Å². The Morgan fingerprint density at radius 3 is 2.28 bits per heavy atom. The van der Waals surface area contributed by atoms with E-state index in [1.807, 2.05) is 6.92 Å². The lowest BCUT2D eigenvalue weighted by atomic mass is 9.91. The van der Waals surface area contributed by atoms with Crippen molar-refractivity contribution in [2.45, 2.75) is 102 Å². The summed E-state index contributed by atoms with van der Waals surface area (Å²) in [5.74, 6) is -0.0519. The molecule has 182 valence electrons. The van der Waals surface area contributed by atoms with Crippen LogP contribution in [0.2, 0.25) is 0 Å². The molecule has 3 rings (SSSR count). The van der Waals surface area contributed by atoms with Crippen molar-refractivity contribution in [1.29, 1.82) is 0 Å². The van der Waals surface area contributed by atoms with Crippen LogP contribution in [0.5, 0.6) is 0 Å². The summed E-state index contributed by atoms with van der Waals surface area (Å²) in [5.41, 5.74) is 0. The van der Waals surface area contributed by atoms with Crippen LogP contribution >= 0.6 is 0 Å². The fourth-order valence-corrected chi connectivity index (χ4v) is 4.95. The van der Waals surface area contributed by atoms with Gasteiger partial charge in [-0.05, 0) is 64.7 Å². The van der Waals surface area contributed by atoms with E-state index in [1.54, 1.807) is 0 Å². The van der Waals surface area contributed by atoms with Crippen LogP contribution in [0.3, 0.4) is 0 Å². The molecule has 0 aromatic rings. The van der Waals surface area contributed by atoms with E-state index in [1.165, 1.54) is 0 Å². The fourth-order valence-electron chi connectivity index (χ4n) is 4.95. The third kappa shape index (κ3) is 7.94. The molecule has 7 heteroatoms. The summed E-state index contributed by atoms with van der Waals surface area (Å²) in [4.78, 5) is 23.7. The molecule has 6 atom stereocenters. The third-order valence-electron chi connectivity index (χ3n) is 6.68. The number of aldehydes is 1. The summed E-state index contributed by atoms with van der Waals surface area (Å²) >= 11 is 0. The number of nitrogens with one attached hydrogen (secondary N) is 1. The number of carbonyl (C=O) groups excluding carboxylic acids is 2. The van der Waals surface area contributed by atoms with Crippen molar-refractivity contribution in [3.8, 4) is 0 Å². The molecular weight excluding hydrogens is 410 g/mol. The highest BCUT2D eigenvalue weighted by molar-refractivity contribution is 5.75. The smallest absolute Gasteiger partial charge is 0.219 e. The van der Waals surface area contributed by atoms with E-state index in [0.29, 0.717) is 19.4 Å². The summed E-state index contributed by atoms with van der Waals surface area (Å²) in [6, 6.07) is 0. The van der Waals surface area contributed by atoms with Crippen molar-refractivity contribution < 1.29 is 28.5 Å². The van der Waals surface area contributed by atoms with Gasteiger partial charge in [-0.25, -0.2) is 0 Å². The number of ether oxygens (including phenoxy) is 4. The number of carbonyl (C=O) groups is 2. The zero-order valence-electron chi connectivity index (χ0n) is 19.5.